The van der Waals surface area contributed by atoms with E-state index in [9.17, 15) is 0 Å². The molecule has 106 valence electrons. The lowest BCUT2D eigenvalue weighted by molar-refractivity contribution is 0.241. The molecule has 20 heavy (non-hydrogen) atoms. The maximum absolute atomic E-state index is 5.98. The van der Waals surface area contributed by atoms with Crippen molar-refractivity contribution < 1.29 is 0 Å². The maximum Gasteiger partial charge on any atom is 0.0470 e. The number of benzene rings is 2. The quantitative estimate of drug-likeness (QED) is 0.899. The van der Waals surface area contributed by atoms with Gasteiger partial charge in [-0.3, -0.25) is 4.90 Å². The Bertz CT molecular complexity index is 551. The fourth-order valence-electron chi connectivity index (χ4n) is 2.36. The predicted molar refractivity (Wildman–Crippen MR) is 88.6 cm³/mol. The highest BCUT2D eigenvalue weighted by molar-refractivity contribution is 9.10. The topological polar surface area (TPSA) is 29.3 Å². The molecule has 2 aromatic rings. The Morgan fingerprint density at radius 3 is 2.35 bits per heavy atom. The van der Waals surface area contributed by atoms with Crippen molar-refractivity contribution in [3.63, 3.8) is 0 Å². The second-order valence-corrected chi connectivity index (χ2v) is 6.02. The number of hydrogen-bond donors (Lipinski definition) is 1. The number of aryl methyl sites for hydroxylation is 1. The number of rotatable bonds is 5. The smallest absolute Gasteiger partial charge is 0.0470 e. The second-order valence-electron chi connectivity index (χ2n) is 5.17. The van der Waals surface area contributed by atoms with E-state index in [1.807, 2.05) is 6.07 Å². The summed E-state index contributed by atoms with van der Waals surface area (Å²) in [5, 5.41) is 0. The molecule has 0 radical (unpaired) electrons. The molecule has 0 fully saturated rings. The van der Waals surface area contributed by atoms with E-state index in [0.717, 1.165) is 11.0 Å². The van der Waals surface area contributed by atoms with E-state index in [0.29, 0.717) is 6.54 Å². The van der Waals surface area contributed by atoms with Gasteiger partial charge in [0.1, 0.15) is 0 Å². The highest BCUT2D eigenvalue weighted by Crippen LogP contribution is 2.23. The van der Waals surface area contributed by atoms with Gasteiger partial charge in [0.05, 0.1) is 0 Å². The molecule has 0 saturated carbocycles. The Labute approximate surface area is 129 Å². The molecule has 0 spiro atoms. The van der Waals surface area contributed by atoms with Gasteiger partial charge in [-0.25, -0.2) is 0 Å². The van der Waals surface area contributed by atoms with E-state index in [1.54, 1.807) is 0 Å². The number of nitrogens with zero attached hydrogens (tertiary/aromatic N) is 1. The molecule has 0 aliphatic rings. The molecule has 0 heterocycles. The van der Waals surface area contributed by atoms with Gasteiger partial charge in [0, 0.05) is 23.6 Å². The Morgan fingerprint density at radius 1 is 1.10 bits per heavy atom. The molecule has 0 aliphatic carbocycles. The lowest BCUT2D eigenvalue weighted by Gasteiger charge is -2.28. The molecule has 0 amide bonds. The summed E-state index contributed by atoms with van der Waals surface area (Å²) in [6.07, 6.45) is 0. The van der Waals surface area contributed by atoms with E-state index >= 15 is 0 Å². The fourth-order valence-corrected chi connectivity index (χ4v) is 2.77. The third kappa shape index (κ3) is 3.69. The largest absolute Gasteiger partial charge is 0.329 e. The van der Waals surface area contributed by atoms with Gasteiger partial charge < -0.3 is 5.73 Å². The predicted octanol–water partition coefficient (Wildman–Crippen LogP) is 3.89. The SMILES string of the molecule is Cc1ccc(C(CN)N(C)Cc2ccccc2Br)cc1. The van der Waals surface area contributed by atoms with Gasteiger partial charge in [-0.05, 0) is 31.2 Å². The number of hydrogen-bond acceptors (Lipinski definition) is 2. The van der Waals surface area contributed by atoms with Crippen molar-refractivity contribution >= 4 is 15.9 Å². The van der Waals surface area contributed by atoms with Gasteiger partial charge in [0.15, 0.2) is 0 Å². The van der Waals surface area contributed by atoms with Crippen LogP contribution >= 0.6 is 15.9 Å². The van der Waals surface area contributed by atoms with Crippen LogP contribution in [0, 0.1) is 6.92 Å². The zero-order chi connectivity index (χ0) is 14.5. The molecule has 2 rings (SSSR count). The van der Waals surface area contributed by atoms with E-state index < -0.39 is 0 Å². The lowest BCUT2D eigenvalue weighted by atomic mass is 10.0. The van der Waals surface area contributed by atoms with Crippen LogP contribution in [-0.2, 0) is 6.54 Å². The van der Waals surface area contributed by atoms with Crippen LogP contribution in [0.2, 0.25) is 0 Å². The minimum atomic E-state index is 0.239. The Morgan fingerprint density at radius 2 is 1.75 bits per heavy atom. The molecular weight excluding hydrogens is 312 g/mol. The third-order valence-corrected chi connectivity index (χ3v) is 4.37. The summed E-state index contributed by atoms with van der Waals surface area (Å²) < 4.78 is 1.14. The van der Waals surface area contributed by atoms with E-state index in [1.165, 1.54) is 16.7 Å². The summed E-state index contributed by atoms with van der Waals surface area (Å²) >= 11 is 3.60. The van der Waals surface area contributed by atoms with Crippen molar-refractivity contribution in [2.45, 2.75) is 19.5 Å². The zero-order valence-electron chi connectivity index (χ0n) is 12.0. The Balaban J connectivity index is 2.15. The Hall–Kier alpha value is -1.16. The van der Waals surface area contributed by atoms with Crippen molar-refractivity contribution in [3.05, 3.63) is 69.7 Å². The molecular formula is C17H21BrN2. The standard InChI is InChI=1S/C17H21BrN2/c1-13-7-9-14(10-8-13)17(11-19)20(2)12-15-5-3-4-6-16(15)18/h3-10,17H,11-12,19H2,1-2H3. The summed E-state index contributed by atoms with van der Waals surface area (Å²) in [6, 6.07) is 17.2. The van der Waals surface area contributed by atoms with Crippen molar-refractivity contribution in [1.82, 2.24) is 4.90 Å². The van der Waals surface area contributed by atoms with E-state index in [-0.39, 0.29) is 6.04 Å². The molecule has 1 unspecified atom stereocenters. The summed E-state index contributed by atoms with van der Waals surface area (Å²) in [5.74, 6) is 0. The number of nitrogens with two attached hydrogens (primary N) is 1. The molecule has 3 heteroatoms. The first-order valence-electron chi connectivity index (χ1n) is 6.82. The van der Waals surface area contributed by atoms with Gasteiger partial charge in [-0.1, -0.05) is 64.0 Å². The van der Waals surface area contributed by atoms with Crippen LogP contribution in [0.5, 0.6) is 0 Å². The van der Waals surface area contributed by atoms with Crippen LogP contribution in [-0.4, -0.2) is 18.5 Å². The number of likely N-dealkylation sites (N-methyl/N-ethyl adjacent to an activating group) is 1. The summed E-state index contributed by atoms with van der Waals surface area (Å²) in [5.41, 5.74) is 9.81. The summed E-state index contributed by atoms with van der Waals surface area (Å²) in [4.78, 5) is 2.30. The molecule has 0 bridgehead atoms. The molecule has 2 aromatic carbocycles. The van der Waals surface area contributed by atoms with Crippen molar-refractivity contribution in [3.8, 4) is 0 Å². The normalized spacial score (nSPS) is 12.7. The second kappa shape index (κ2) is 7.02. The highest BCUT2D eigenvalue weighted by Gasteiger charge is 2.16. The molecule has 0 aromatic heterocycles. The monoisotopic (exact) mass is 332 g/mol. The van der Waals surface area contributed by atoms with Gasteiger partial charge >= 0.3 is 0 Å². The minimum Gasteiger partial charge on any atom is -0.329 e. The Kier molecular flexibility index (Phi) is 5.35. The molecule has 2 nitrogen and oxygen atoms in total. The molecule has 0 saturated heterocycles. The van der Waals surface area contributed by atoms with Crippen LogP contribution in [0.3, 0.4) is 0 Å². The van der Waals surface area contributed by atoms with Crippen LogP contribution in [0.25, 0.3) is 0 Å². The van der Waals surface area contributed by atoms with Crippen molar-refractivity contribution in [1.29, 1.82) is 0 Å². The van der Waals surface area contributed by atoms with E-state index in [2.05, 4.69) is 77.3 Å². The highest BCUT2D eigenvalue weighted by atomic mass is 79.9. The van der Waals surface area contributed by atoms with Crippen LogP contribution in [0.4, 0.5) is 0 Å². The van der Waals surface area contributed by atoms with Crippen molar-refractivity contribution in [2.24, 2.45) is 5.73 Å². The molecule has 2 N–H and O–H groups in total. The fraction of sp³-hybridized carbons (Fsp3) is 0.294. The third-order valence-electron chi connectivity index (χ3n) is 3.60. The first-order valence-corrected chi connectivity index (χ1v) is 7.61. The van der Waals surface area contributed by atoms with Gasteiger partial charge in [0.2, 0.25) is 0 Å². The lowest BCUT2D eigenvalue weighted by Crippen LogP contribution is -2.30. The first-order chi connectivity index (χ1) is 9.61. The van der Waals surface area contributed by atoms with Crippen LogP contribution < -0.4 is 5.73 Å². The molecule has 0 aliphatic heterocycles. The zero-order valence-corrected chi connectivity index (χ0v) is 13.6. The molecule has 1 atom stereocenters. The van der Waals surface area contributed by atoms with Gasteiger partial charge in [0.25, 0.3) is 0 Å². The van der Waals surface area contributed by atoms with Crippen molar-refractivity contribution in [2.75, 3.05) is 13.6 Å². The maximum atomic E-state index is 5.98. The average Bonchev–Trinajstić information content (AvgIpc) is 2.44. The average molecular weight is 333 g/mol. The minimum absolute atomic E-state index is 0.239. The van der Waals surface area contributed by atoms with E-state index in [4.69, 9.17) is 5.73 Å². The van der Waals surface area contributed by atoms with Crippen LogP contribution in [0.1, 0.15) is 22.7 Å². The summed E-state index contributed by atoms with van der Waals surface area (Å²) in [7, 11) is 2.12. The summed E-state index contributed by atoms with van der Waals surface area (Å²) in [6.45, 7) is 3.59. The van der Waals surface area contributed by atoms with Crippen LogP contribution in [0.15, 0.2) is 53.0 Å². The van der Waals surface area contributed by atoms with Gasteiger partial charge in [-0.2, -0.15) is 0 Å². The van der Waals surface area contributed by atoms with Gasteiger partial charge in [-0.15, -0.1) is 0 Å². The number of halogens is 1. The first kappa shape index (κ1) is 15.2.